The fourth-order valence-corrected chi connectivity index (χ4v) is 3.72. The van der Waals surface area contributed by atoms with Gasteiger partial charge in [0.05, 0.1) is 11.2 Å². The van der Waals surface area contributed by atoms with Crippen LogP contribution in [-0.4, -0.2) is 30.8 Å². The molecule has 100 valence electrons. The van der Waals surface area contributed by atoms with Crippen LogP contribution in [0.2, 0.25) is 0 Å². The molecule has 0 atom stereocenters. The second kappa shape index (κ2) is 4.60. The van der Waals surface area contributed by atoms with Gasteiger partial charge in [-0.1, -0.05) is 0 Å². The van der Waals surface area contributed by atoms with E-state index in [-0.39, 0.29) is 5.60 Å². The Balaban J connectivity index is 1.96. The molecular formula is C14H16IN3O. The summed E-state index contributed by atoms with van der Waals surface area (Å²) in [5.41, 5.74) is 1.73. The van der Waals surface area contributed by atoms with Crippen molar-refractivity contribution in [2.45, 2.75) is 25.4 Å². The maximum atomic E-state index is 9.40. The van der Waals surface area contributed by atoms with E-state index in [0.29, 0.717) is 11.5 Å². The fourth-order valence-electron chi connectivity index (χ4n) is 3.31. The van der Waals surface area contributed by atoms with Crippen molar-refractivity contribution in [3.8, 4) is 6.07 Å². The van der Waals surface area contributed by atoms with E-state index in [1.54, 1.807) is 7.11 Å². The number of aromatic nitrogens is 1. The molecule has 4 nitrogen and oxygen atoms in total. The van der Waals surface area contributed by atoms with E-state index >= 15 is 0 Å². The molecule has 0 unspecified atom stereocenters. The lowest BCUT2D eigenvalue weighted by atomic mass is 9.67. The maximum absolute atomic E-state index is 9.40. The number of hydrogen-bond donors (Lipinski definition) is 0. The molecule has 0 amide bonds. The highest BCUT2D eigenvalue weighted by Gasteiger charge is 2.51. The fraction of sp³-hybridized carbons (Fsp3) is 0.571. The molecule has 3 aliphatic rings. The first kappa shape index (κ1) is 13.1. The largest absolute Gasteiger partial charge is 0.376 e. The molecule has 2 bridgehead atoms. The van der Waals surface area contributed by atoms with Gasteiger partial charge in [-0.05, 0) is 53.8 Å². The highest BCUT2D eigenvalue weighted by molar-refractivity contribution is 14.1. The average Bonchev–Trinajstić information content (AvgIpc) is 2.40. The number of halogens is 1. The Morgan fingerprint density at radius 1 is 1.58 bits per heavy atom. The summed E-state index contributed by atoms with van der Waals surface area (Å²) in [5.74, 6) is 1.51. The van der Waals surface area contributed by atoms with Gasteiger partial charge in [0, 0.05) is 30.0 Å². The van der Waals surface area contributed by atoms with Crippen LogP contribution in [0, 0.1) is 27.7 Å². The summed E-state index contributed by atoms with van der Waals surface area (Å²) in [7, 11) is 1.79. The van der Waals surface area contributed by atoms with Gasteiger partial charge >= 0.3 is 0 Å². The third kappa shape index (κ3) is 2.01. The highest BCUT2D eigenvalue weighted by atomic mass is 127. The number of nitriles is 1. The molecule has 4 rings (SSSR count). The Morgan fingerprint density at radius 2 is 2.32 bits per heavy atom. The Morgan fingerprint density at radius 3 is 2.95 bits per heavy atom. The van der Waals surface area contributed by atoms with Gasteiger partial charge in [-0.15, -0.1) is 0 Å². The van der Waals surface area contributed by atoms with Crippen LogP contribution < -0.4 is 4.90 Å². The molecule has 19 heavy (non-hydrogen) atoms. The number of hydrogen-bond acceptors (Lipinski definition) is 4. The zero-order valence-electron chi connectivity index (χ0n) is 11.1. The van der Waals surface area contributed by atoms with Gasteiger partial charge in [-0.2, -0.15) is 5.26 Å². The Labute approximate surface area is 126 Å². The number of anilines is 1. The predicted octanol–water partition coefficient (Wildman–Crippen LogP) is 2.48. The third-order valence-electron chi connectivity index (χ3n) is 4.38. The first-order valence-electron chi connectivity index (χ1n) is 6.44. The summed E-state index contributed by atoms with van der Waals surface area (Å²) in [6.45, 7) is 3.83. The minimum Gasteiger partial charge on any atom is -0.376 e. The van der Waals surface area contributed by atoms with Crippen molar-refractivity contribution >= 4 is 28.4 Å². The summed E-state index contributed by atoms with van der Waals surface area (Å²) in [4.78, 5) is 6.72. The zero-order chi connectivity index (χ0) is 13.6. The van der Waals surface area contributed by atoms with Crippen molar-refractivity contribution in [3.05, 3.63) is 20.9 Å². The summed E-state index contributed by atoms with van der Waals surface area (Å²) in [5, 5.41) is 9.40. The smallest absolute Gasteiger partial charge is 0.146 e. The van der Waals surface area contributed by atoms with Crippen LogP contribution in [-0.2, 0) is 4.74 Å². The van der Waals surface area contributed by atoms with Crippen LogP contribution in [0.5, 0.6) is 0 Å². The van der Waals surface area contributed by atoms with Crippen LogP contribution in [0.3, 0.4) is 0 Å². The van der Waals surface area contributed by atoms with E-state index in [4.69, 9.17) is 4.74 Å². The molecule has 0 spiro atoms. The van der Waals surface area contributed by atoms with Crippen LogP contribution >= 0.6 is 22.6 Å². The molecule has 1 aromatic heterocycles. The number of nitrogens with zero attached hydrogens (tertiary/aromatic N) is 3. The molecule has 2 aliphatic heterocycles. The van der Waals surface area contributed by atoms with Crippen LogP contribution in [0.1, 0.15) is 24.0 Å². The number of pyridine rings is 1. The number of rotatable bonds is 2. The van der Waals surface area contributed by atoms with Gasteiger partial charge in [-0.3, -0.25) is 0 Å². The van der Waals surface area contributed by atoms with Gasteiger partial charge in [0.2, 0.25) is 0 Å². The molecule has 1 aliphatic carbocycles. The highest BCUT2D eigenvalue weighted by Crippen LogP contribution is 2.46. The molecule has 2 saturated heterocycles. The molecule has 0 N–H and O–H groups in total. The molecule has 0 radical (unpaired) electrons. The quantitative estimate of drug-likeness (QED) is 0.752. The topological polar surface area (TPSA) is 49.1 Å². The standard InChI is InChI=1S/C14H16IN3O/c1-9-11(5-16)13(17-6-12(9)15)18-7-10-3-14(4-10,8-18)19-2/h6,10H,3-4,7-8H2,1-2H3. The van der Waals surface area contributed by atoms with Crippen LogP contribution in [0.25, 0.3) is 0 Å². The monoisotopic (exact) mass is 369 g/mol. The number of methoxy groups -OCH3 is 1. The second-order valence-corrected chi connectivity index (χ2v) is 6.75. The van der Waals surface area contributed by atoms with E-state index in [2.05, 4.69) is 38.5 Å². The van der Waals surface area contributed by atoms with E-state index < -0.39 is 0 Å². The lowest BCUT2D eigenvalue weighted by molar-refractivity contribution is -0.114. The third-order valence-corrected chi connectivity index (χ3v) is 5.47. The SMILES string of the molecule is COC12CC(CN(c3ncc(I)c(C)c3C#N)C1)C2. The molecule has 1 saturated carbocycles. The first-order valence-corrected chi connectivity index (χ1v) is 7.52. The zero-order valence-corrected chi connectivity index (χ0v) is 13.3. The van der Waals surface area contributed by atoms with Crippen molar-refractivity contribution in [2.75, 3.05) is 25.1 Å². The van der Waals surface area contributed by atoms with Crippen molar-refractivity contribution in [1.82, 2.24) is 4.98 Å². The van der Waals surface area contributed by atoms with Gasteiger partial charge in [0.25, 0.3) is 0 Å². The predicted molar refractivity (Wildman–Crippen MR) is 81.1 cm³/mol. The van der Waals surface area contributed by atoms with E-state index in [9.17, 15) is 5.26 Å². The van der Waals surface area contributed by atoms with E-state index in [0.717, 1.165) is 40.9 Å². The Hall–Kier alpha value is -0.870. The second-order valence-electron chi connectivity index (χ2n) is 5.58. The summed E-state index contributed by atoms with van der Waals surface area (Å²) in [6, 6.07) is 2.31. The lowest BCUT2D eigenvalue weighted by Gasteiger charge is -2.55. The molecule has 3 heterocycles. The van der Waals surface area contributed by atoms with Crippen molar-refractivity contribution in [3.63, 3.8) is 0 Å². The number of ether oxygens (including phenoxy) is 1. The van der Waals surface area contributed by atoms with Crippen molar-refractivity contribution in [2.24, 2.45) is 5.92 Å². The number of piperidine rings is 2. The van der Waals surface area contributed by atoms with E-state index in [1.807, 2.05) is 13.1 Å². The summed E-state index contributed by atoms with van der Waals surface area (Å²) < 4.78 is 6.71. The molecule has 0 aromatic carbocycles. The van der Waals surface area contributed by atoms with Crippen molar-refractivity contribution in [1.29, 1.82) is 5.26 Å². The van der Waals surface area contributed by atoms with Gasteiger partial charge in [0.15, 0.2) is 0 Å². The van der Waals surface area contributed by atoms with Crippen molar-refractivity contribution < 1.29 is 4.74 Å². The van der Waals surface area contributed by atoms with E-state index in [1.165, 1.54) is 0 Å². The Bertz CT molecular complexity index is 561. The summed E-state index contributed by atoms with van der Waals surface area (Å²) >= 11 is 2.23. The average molecular weight is 369 g/mol. The maximum Gasteiger partial charge on any atom is 0.146 e. The molecule has 5 heteroatoms. The minimum absolute atomic E-state index is 0.00573. The van der Waals surface area contributed by atoms with Gasteiger partial charge in [-0.25, -0.2) is 4.98 Å². The molecule has 1 aromatic rings. The van der Waals surface area contributed by atoms with Crippen LogP contribution in [0.15, 0.2) is 6.20 Å². The van der Waals surface area contributed by atoms with Gasteiger partial charge in [0.1, 0.15) is 11.9 Å². The number of fused-ring (bicyclic) bond motifs is 2. The normalized spacial score (nSPS) is 28.7. The Kier molecular flexibility index (Phi) is 3.18. The lowest BCUT2D eigenvalue weighted by Crippen LogP contribution is -2.62. The first-order chi connectivity index (χ1) is 9.08. The van der Waals surface area contributed by atoms with Crippen LogP contribution in [0.4, 0.5) is 5.82 Å². The summed E-state index contributed by atoms with van der Waals surface area (Å²) in [6.07, 6.45) is 4.14. The molecule has 3 fully saturated rings. The van der Waals surface area contributed by atoms with Gasteiger partial charge < -0.3 is 9.64 Å². The minimum atomic E-state index is -0.00573. The molecular weight excluding hydrogens is 353 g/mol.